The maximum absolute atomic E-state index is 12.4. The molecule has 0 spiro atoms. The lowest BCUT2D eigenvalue weighted by atomic mass is 10.1. The molecule has 0 atom stereocenters. The van der Waals surface area contributed by atoms with Crippen LogP contribution in [-0.4, -0.2) is 47.5 Å². The van der Waals surface area contributed by atoms with Crippen LogP contribution in [-0.2, 0) is 0 Å². The summed E-state index contributed by atoms with van der Waals surface area (Å²) in [6.45, 7) is 4.82. The summed E-state index contributed by atoms with van der Waals surface area (Å²) in [7, 11) is 2.01. The molecular weight excluding hydrogens is 252 g/mol. The van der Waals surface area contributed by atoms with Gasteiger partial charge in [0.2, 0.25) is 0 Å². The van der Waals surface area contributed by atoms with Crippen LogP contribution >= 0.6 is 0 Å². The minimum Gasteiger partial charge on any atom is -0.360 e. The molecule has 1 aliphatic heterocycles. The van der Waals surface area contributed by atoms with E-state index in [1.54, 1.807) is 0 Å². The first-order valence-electron chi connectivity index (χ1n) is 7.55. The van der Waals surface area contributed by atoms with Crippen LogP contribution in [0.2, 0.25) is 0 Å². The van der Waals surface area contributed by atoms with Crippen molar-refractivity contribution in [3.05, 3.63) is 18.1 Å². The minimum atomic E-state index is 0.0391. The van der Waals surface area contributed by atoms with Crippen molar-refractivity contribution in [2.45, 2.75) is 39.0 Å². The van der Waals surface area contributed by atoms with Crippen LogP contribution in [0, 0.1) is 0 Å². The summed E-state index contributed by atoms with van der Waals surface area (Å²) < 4.78 is 0. The van der Waals surface area contributed by atoms with Crippen molar-refractivity contribution in [2.75, 3.05) is 31.6 Å². The Morgan fingerprint density at radius 2 is 2.05 bits per heavy atom. The number of amides is 1. The molecule has 1 saturated heterocycles. The van der Waals surface area contributed by atoms with Gasteiger partial charge in [-0.3, -0.25) is 4.79 Å². The molecule has 0 aromatic carbocycles. The van der Waals surface area contributed by atoms with Crippen LogP contribution in [0.3, 0.4) is 0 Å². The van der Waals surface area contributed by atoms with Gasteiger partial charge in [0.1, 0.15) is 17.8 Å². The van der Waals surface area contributed by atoms with Gasteiger partial charge < -0.3 is 9.80 Å². The average molecular weight is 276 g/mol. The maximum atomic E-state index is 12.4. The Morgan fingerprint density at radius 1 is 1.30 bits per heavy atom. The second-order valence-corrected chi connectivity index (χ2v) is 5.39. The Bertz CT molecular complexity index is 443. The molecule has 5 heteroatoms. The van der Waals surface area contributed by atoms with Crippen molar-refractivity contribution in [1.29, 1.82) is 0 Å². The van der Waals surface area contributed by atoms with Crippen LogP contribution in [0.15, 0.2) is 12.4 Å². The monoisotopic (exact) mass is 276 g/mol. The first-order chi connectivity index (χ1) is 9.72. The summed E-state index contributed by atoms with van der Waals surface area (Å²) in [4.78, 5) is 24.8. The highest BCUT2D eigenvalue weighted by molar-refractivity contribution is 5.93. The number of hydrogen-bond donors (Lipinski definition) is 0. The number of likely N-dealkylation sites (tertiary alicyclic amines) is 1. The molecule has 1 fully saturated rings. The van der Waals surface area contributed by atoms with E-state index in [9.17, 15) is 4.79 Å². The van der Waals surface area contributed by atoms with Crippen molar-refractivity contribution >= 4 is 11.7 Å². The van der Waals surface area contributed by atoms with E-state index < -0.39 is 0 Å². The summed E-state index contributed by atoms with van der Waals surface area (Å²) >= 11 is 0. The summed E-state index contributed by atoms with van der Waals surface area (Å²) in [6.07, 6.45) is 7.18. The average Bonchev–Trinajstić information content (AvgIpc) is 2.52. The molecule has 1 amide bonds. The highest BCUT2D eigenvalue weighted by Crippen LogP contribution is 2.15. The maximum Gasteiger partial charge on any atom is 0.272 e. The Morgan fingerprint density at radius 3 is 2.75 bits per heavy atom. The van der Waals surface area contributed by atoms with E-state index in [0.717, 1.165) is 51.1 Å². The fourth-order valence-corrected chi connectivity index (χ4v) is 2.44. The normalized spacial score (nSPS) is 15.2. The molecule has 0 saturated carbocycles. The van der Waals surface area contributed by atoms with Crippen molar-refractivity contribution in [3.63, 3.8) is 0 Å². The lowest BCUT2D eigenvalue weighted by Crippen LogP contribution is -2.36. The Kier molecular flexibility index (Phi) is 5.32. The van der Waals surface area contributed by atoms with Crippen LogP contribution in [0.1, 0.15) is 49.5 Å². The predicted molar refractivity (Wildman–Crippen MR) is 80.0 cm³/mol. The summed E-state index contributed by atoms with van der Waals surface area (Å²) in [5, 5.41) is 0. The van der Waals surface area contributed by atoms with Crippen molar-refractivity contribution in [1.82, 2.24) is 14.9 Å². The molecular formula is C15H24N4O. The lowest BCUT2D eigenvalue weighted by molar-refractivity contribution is 0.0718. The van der Waals surface area contributed by atoms with Gasteiger partial charge in [-0.25, -0.2) is 9.97 Å². The van der Waals surface area contributed by atoms with Gasteiger partial charge in [0.15, 0.2) is 0 Å². The highest BCUT2D eigenvalue weighted by Gasteiger charge is 2.20. The molecule has 2 heterocycles. The Labute approximate surface area is 121 Å². The number of anilines is 1. The smallest absolute Gasteiger partial charge is 0.272 e. The lowest BCUT2D eigenvalue weighted by Gasteiger charge is -2.26. The SMILES string of the molecule is CCCCN(C)c1cc(C(=O)N2CCCCC2)ncn1. The van der Waals surface area contributed by atoms with Crippen LogP contribution < -0.4 is 4.90 Å². The summed E-state index contributed by atoms with van der Waals surface area (Å²) in [6, 6.07) is 1.81. The number of aromatic nitrogens is 2. The molecule has 0 unspecified atom stereocenters. The van der Waals surface area contributed by atoms with Gasteiger partial charge in [-0.05, 0) is 25.7 Å². The fraction of sp³-hybridized carbons (Fsp3) is 0.667. The van der Waals surface area contributed by atoms with Gasteiger partial charge in [-0.15, -0.1) is 0 Å². The van der Waals surface area contributed by atoms with E-state index >= 15 is 0 Å². The third-order valence-corrected chi connectivity index (χ3v) is 3.75. The van der Waals surface area contributed by atoms with Crippen LogP contribution in [0.4, 0.5) is 5.82 Å². The van der Waals surface area contributed by atoms with Crippen LogP contribution in [0.5, 0.6) is 0 Å². The van der Waals surface area contributed by atoms with Gasteiger partial charge in [0, 0.05) is 32.7 Å². The van der Waals surface area contributed by atoms with Crippen molar-refractivity contribution < 1.29 is 4.79 Å². The van der Waals surface area contributed by atoms with E-state index in [1.807, 2.05) is 18.0 Å². The number of carbonyl (C=O) groups is 1. The molecule has 0 radical (unpaired) electrons. The number of piperidine rings is 1. The molecule has 1 aromatic heterocycles. The molecule has 20 heavy (non-hydrogen) atoms. The van der Waals surface area contributed by atoms with Gasteiger partial charge in [0.05, 0.1) is 0 Å². The Balaban J connectivity index is 2.06. The third kappa shape index (κ3) is 3.68. The first-order valence-corrected chi connectivity index (χ1v) is 7.55. The van der Waals surface area contributed by atoms with Crippen molar-refractivity contribution in [3.8, 4) is 0 Å². The third-order valence-electron chi connectivity index (χ3n) is 3.75. The van der Waals surface area contributed by atoms with Gasteiger partial charge in [0.25, 0.3) is 5.91 Å². The zero-order valence-corrected chi connectivity index (χ0v) is 12.5. The fourth-order valence-electron chi connectivity index (χ4n) is 2.44. The molecule has 110 valence electrons. The van der Waals surface area contributed by atoms with Gasteiger partial charge in [-0.1, -0.05) is 13.3 Å². The van der Waals surface area contributed by atoms with E-state index in [4.69, 9.17) is 0 Å². The van der Waals surface area contributed by atoms with Crippen LogP contribution in [0.25, 0.3) is 0 Å². The molecule has 0 N–H and O–H groups in total. The molecule has 2 rings (SSSR count). The largest absolute Gasteiger partial charge is 0.360 e. The topological polar surface area (TPSA) is 49.3 Å². The molecule has 5 nitrogen and oxygen atoms in total. The zero-order chi connectivity index (χ0) is 14.4. The number of hydrogen-bond acceptors (Lipinski definition) is 4. The Hall–Kier alpha value is -1.65. The van der Waals surface area contributed by atoms with Gasteiger partial charge >= 0.3 is 0 Å². The second kappa shape index (κ2) is 7.22. The number of rotatable bonds is 5. The molecule has 1 aliphatic rings. The summed E-state index contributed by atoms with van der Waals surface area (Å²) in [5.41, 5.74) is 0.514. The predicted octanol–water partition coefficient (Wildman–Crippen LogP) is 2.34. The van der Waals surface area contributed by atoms with E-state index in [2.05, 4.69) is 21.8 Å². The highest BCUT2D eigenvalue weighted by atomic mass is 16.2. The van der Waals surface area contributed by atoms with E-state index in [0.29, 0.717) is 5.69 Å². The molecule has 0 aliphatic carbocycles. The van der Waals surface area contributed by atoms with Gasteiger partial charge in [-0.2, -0.15) is 0 Å². The molecule has 0 bridgehead atoms. The zero-order valence-electron chi connectivity index (χ0n) is 12.5. The minimum absolute atomic E-state index is 0.0391. The van der Waals surface area contributed by atoms with E-state index in [1.165, 1.54) is 12.7 Å². The first kappa shape index (κ1) is 14.8. The van der Waals surface area contributed by atoms with E-state index in [-0.39, 0.29) is 5.91 Å². The standard InChI is InChI=1S/C15H24N4O/c1-3-4-8-18(2)14-11-13(16-12-17-14)15(20)19-9-6-5-7-10-19/h11-12H,3-10H2,1-2H3. The van der Waals surface area contributed by atoms with Crippen molar-refractivity contribution in [2.24, 2.45) is 0 Å². The quantitative estimate of drug-likeness (QED) is 0.828. The number of carbonyl (C=O) groups excluding carboxylic acids is 1. The number of unbranched alkanes of at least 4 members (excludes halogenated alkanes) is 1. The second-order valence-electron chi connectivity index (χ2n) is 5.39. The summed E-state index contributed by atoms with van der Waals surface area (Å²) in [5.74, 6) is 0.867. The number of nitrogens with zero attached hydrogens (tertiary/aromatic N) is 4. The molecule has 1 aromatic rings.